The highest BCUT2D eigenvalue weighted by Crippen LogP contribution is 1.97. The summed E-state index contributed by atoms with van der Waals surface area (Å²) in [6.07, 6.45) is 3.68. The van der Waals surface area contributed by atoms with Crippen LogP contribution in [0.4, 0.5) is 4.79 Å². The number of rotatable bonds is 7. The number of nitrogens with one attached hydrogen (secondary N) is 1. The summed E-state index contributed by atoms with van der Waals surface area (Å²) in [6, 6.07) is 0. The maximum atomic E-state index is 10.8. The Morgan fingerprint density at radius 2 is 2.31 bits per heavy atom. The number of aliphatic hydroxyl groups excluding tert-OH is 1. The van der Waals surface area contributed by atoms with Crippen LogP contribution in [-0.2, 0) is 4.74 Å². The largest absolute Gasteiger partial charge is 0.447 e. The van der Waals surface area contributed by atoms with Gasteiger partial charge in [-0.25, -0.2) is 4.79 Å². The summed E-state index contributed by atoms with van der Waals surface area (Å²) < 4.78 is 4.59. The second-order valence-electron chi connectivity index (χ2n) is 2.49. The molecule has 5 heteroatoms. The summed E-state index contributed by atoms with van der Waals surface area (Å²) in [6.45, 7) is 0.585. The molecule has 0 saturated carbocycles. The standard InChI is InChI=1S/C8H17NO3S/c1-13-7-3-2-4-9-8(11)12-6-5-10/h10H,2-7H2,1H3,(H,9,11). The molecule has 0 aromatic carbocycles. The van der Waals surface area contributed by atoms with E-state index in [0.29, 0.717) is 6.54 Å². The first-order valence-electron chi connectivity index (χ1n) is 4.31. The molecule has 2 N–H and O–H groups in total. The van der Waals surface area contributed by atoms with Crippen LogP contribution in [0.15, 0.2) is 0 Å². The summed E-state index contributed by atoms with van der Waals surface area (Å²) in [5.74, 6) is 1.12. The third kappa shape index (κ3) is 9.49. The van der Waals surface area contributed by atoms with Crippen molar-refractivity contribution in [1.82, 2.24) is 5.32 Å². The van der Waals surface area contributed by atoms with E-state index in [2.05, 4.69) is 16.3 Å². The maximum Gasteiger partial charge on any atom is 0.407 e. The first-order valence-corrected chi connectivity index (χ1v) is 5.71. The van der Waals surface area contributed by atoms with E-state index in [4.69, 9.17) is 5.11 Å². The van der Waals surface area contributed by atoms with Gasteiger partial charge in [0.05, 0.1) is 6.61 Å². The number of amides is 1. The van der Waals surface area contributed by atoms with E-state index in [1.807, 2.05) is 0 Å². The second kappa shape index (κ2) is 9.67. The monoisotopic (exact) mass is 207 g/mol. The smallest absolute Gasteiger partial charge is 0.407 e. The fraction of sp³-hybridized carbons (Fsp3) is 0.875. The van der Waals surface area contributed by atoms with Gasteiger partial charge < -0.3 is 15.2 Å². The molecule has 0 spiro atoms. The van der Waals surface area contributed by atoms with Crippen molar-refractivity contribution < 1.29 is 14.6 Å². The molecule has 0 aliphatic heterocycles. The van der Waals surface area contributed by atoms with Crippen molar-refractivity contribution in [1.29, 1.82) is 0 Å². The van der Waals surface area contributed by atoms with Crippen LogP contribution < -0.4 is 5.32 Å². The second-order valence-corrected chi connectivity index (χ2v) is 3.47. The van der Waals surface area contributed by atoms with E-state index in [9.17, 15) is 4.79 Å². The number of aliphatic hydroxyl groups is 1. The number of carbonyl (C=O) groups is 1. The quantitative estimate of drug-likeness (QED) is 0.608. The van der Waals surface area contributed by atoms with Crippen LogP contribution in [0.2, 0.25) is 0 Å². The van der Waals surface area contributed by atoms with E-state index in [0.717, 1.165) is 18.6 Å². The molecule has 78 valence electrons. The van der Waals surface area contributed by atoms with Gasteiger partial charge in [0.2, 0.25) is 0 Å². The Morgan fingerprint density at radius 3 is 2.92 bits per heavy atom. The van der Waals surface area contributed by atoms with Gasteiger partial charge in [-0.3, -0.25) is 0 Å². The van der Waals surface area contributed by atoms with Crippen LogP contribution in [0.3, 0.4) is 0 Å². The summed E-state index contributed by atoms with van der Waals surface area (Å²) in [4.78, 5) is 10.8. The number of hydrogen-bond donors (Lipinski definition) is 2. The van der Waals surface area contributed by atoms with Crippen molar-refractivity contribution in [3.8, 4) is 0 Å². The highest BCUT2D eigenvalue weighted by molar-refractivity contribution is 7.98. The fourth-order valence-corrected chi connectivity index (χ4v) is 1.24. The molecule has 0 saturated heterocycles. The molecule has 4 nitrogen and oxygen atoms in total. The van der Waals surface area contributed by atoms with E-state index in [1.165, 1.54) is 0 Å². The number of ether oxygens (including phenoxy) is 1. The molecular weight excluding hydrogens is 190 g/mol. The Bertz CT molecular complexity index is 133. The Morgan fingerprint density at radius 1 is 1.54 bits per heavy atom. The number of hydrogen-bond acceptors (Lipinski definition) is 4. The van der Waals surface area contributed by atoms with E-state index in [1.54, 1.807) is 11.8 Å². The third-order valence-electron chi connectivity index (χ3n) is 1.37. The molecule has 0 atom stereocenters. The van der Waals surface area contributed by atoms with Gasteiger partial charge >= 0.3 is 6.09 Å². The zero-order chi connectivity index (χ0) is 9.94. The molecule has 13 heavy (non-hydrogen) atoms. The third-order valence-corrected chi connectivity index (χ3v) is 2.07. The van der Waals surface area contributed by atoms with Gasteiger partial charge in [-0.2, -0.15) is 11.8 Å². The van der Waals surface area contributed by atoms with Gasteiger partial charge in [0, 0.05) is 6.54 Å². The van der Waals surface area contributed by atoms with Gasteiger partial charge in [-0.15, -0.1) is 0 Å². The first-order chi connectivity index (χ1) is 6.31. The lowest BCUT2D eigenvalue weighted by Gasteiger charge is -2.04. The van der Waals surface area contributed by atoms with Gasteiger partial charge in [0.1, 0.15) is 6.61 Å². The SMILES string of the molecule is CSCCCCNC(=O)OCCO. The molecule has 0 aliphatic rings. The lowest BCUT2D eigenvalue weighted by molar-refractivity contribution is 0.119. The number of unbranched alkanes of at least 4 members (excludes halogenated alkanes) is 1. The molecule has 0 unspecified atom stereocenters. The molecule has 0 bridgehead atoms. The van der Waals surface area contributed by atoms with Crippen LogP contribution in [0, 0.1) is 0 Å². The average Bonchev–Trinajstić information content (AvgIpc) is 2.14. The Hall–Kier alpha value is -0.420. The van der Waals surface area contributed by atoms with Crippen molar-refractivity contribution in [3.63, 3.8) is 0 Å². The lowest BCUT2D eigenvalue weighted by atomic mass is 10.3. The summed E-state index contributed by atoms with van der Waals surface area (Å²) in [7, 11) is 0. The minimum atomic E-state index is -0.446. The summed E-state index contributed by atoms with van der Waals surface area (Å²) >= 11 is 1.80. The minimum absolute atomic E-state index is 0.0661. The van der Waals surface area contributed by atoms with Crippen LogP contribution in [-0.4, -0.2) is 43.0 Å². The minimum Gasteiger partial charge on any atom is -0.447 e. The van der Waals surface area contributed by atoms with Gasteiger partial charge in [0.15, 0.2) is 0 Å². The Labute approximate surface area is 83.0 Å². The van der Waals surface area contributed by atoms with Gasteiger partial charge in [-0.1, -0.05) is 0 Å². The van der Waals surface area contributed by atoms with Crippen LogP contribution in [0.1, 0.15) is 12.8 Å². The normalized spacial score (nSPS) is 9.69. The molecule has 0 aromatic heterocycles. The van der Waals surface area contributed by atoms with Crippen molar-refractivity contribution in [2.24, 2.45) is 0 Å². The predicted molar refractivity (Wildman–Crippen MR) is 54.1 cm³/mol. The van der Waals surface area contributed by atoms with Gasteiger partial charge in [-0.05, 0) is 24.9 Å². The summed E-state index contributed by atoms with van der Waals surface area (Å²) in [5, 5.41) is 10.9. The number of alkyl carbamates (subject to hydrolysis) is 1. The molecule has 0 fully saturated rings. The highest BCUT2D eigenvalue weighted by atomic mass is 32.2. The summed E-state index contributed by atoms with van der Waals surface area (Å²) in [5.41, 5.74) is 0. The lowest BCUT2D eigenvalue weighted by Crippen LogP contribution is -2.26. The Balaban J connectivity index is 3.08. The van der Waals surface area contributed by atoms with Crippen LogP contribution >= 0.6 is 11.8 Å². The molecule has 0 rings (SSSR count). The topological polar surface area (TPSA) is 58.6 Å². The number of thioether (sulfide) groups is 1. The average molecular weight is 207 g/mol. The van der Waals surface area contributed by atoms with Crippen LogP contribution in [0.5, 0.6) is 0 Å². The molecule has 0 aromatic rings. The van der Waals surface area contributed by atoms with Crippen molar-refractivity contribution in [2.45, 2.75) is 12.8 Å². The highest BCUT2D eigenvalue weighted by Gasteiger charge is 1.98. The molecule has 0 aliphatic carbocycles. The number of carbonyl (C=O) groups excluding carboxylic acids is 1. The van der Waals surface area contributed by atoms with Crippen molar-refractivity contribution in [3.05, 3.63) is 0 Å². The molecule has 1 amide bonds. The Kier molecular flexibility index (Phi) is 9.35. The first kappa shape index (κ1) is 12.6. The fourth-order valence-electron chi connectivity index (χ4n) is 0.751. The zero-order valence-electron chi connectivity index (χ0n) is 7.91. The zero-order valence-corrected chi connectivity index (χ0v) is 8.73. The van der Waals surface area contributed by atoms with E-state index in [-0.39, 0.29) is 13.2 Å². The predicted octanol–water partition coefficient (Wildman–Crippen LogP) is 0.848. The van der Waals surface area contributed by atoms with Crippen molar-refractivity contribution in [2.75, 3.05) is 31.8 Å². The maximum absolute atomic E-state index is 10.8. The molecule has 0 radical (unpaired) electrons. The van der Waals surface area contributed by atoms with Crippen molar-refractivity contribution >= 4 is 17.9 Å². The van der Waals surface area contributed by atoms with E-state index < -0.39 is 6.09 Å². The van der Waals surface area contributed by atoms with Crippen LogP contribution in [0.25, 0.3) is 0 Å². The molecule has 0 heterocycles. The van der Waals surface area contributed by atoms with E-state index >= 15 is 0 Å². The van der Waals surface area contributed by atoms with Gasteiger partial charge in [0.25, 0.3) is 0 Å². The molecular formula is C8H17NO3S.